The molecule has 1 fully saturated rings. The molecule has 2 unspecified atom stereocenters. The zero-order chi connectivity index (χ0) is 14.1. The van der Waals surface area contributed by atoms with E-state index >= 15 is 0 Å². The number of hydrogen-bond acceptors (Lipinski definition) is 3. The third-order valence-electron chi connectivity index (χ3n) is 4.29. The van der Waals surface area contributed by atoms with Gasteiger partial charge in [0.2, 0.25) is 0 Å². The van der Waals surface area contributed by atoms with E-state index in [0.29, 0.717) is 12.1 Å². The van der Waals surface area contributed by atoms with Crippen LogP contribution in [0.15, 0.2) is 30.3 Å². The topological polar surface area (TPSA) is 28.2 Å². The van der Waals surface area contributed by atoms with Gasteiger partial charge in [0.05, 0.1) is 5.52 Å². The molecule has 2 heterocycles. The van der Waals surface area contributed by atoms with E-state index in [1.165, 1.54) is 10.9 Å². The van der Waals surface area contributed by atoms with Crippen molar-refractivity contribution in [2.45, 2.75) is 39.4 Å². The van der Waals surface area contributed by atoms with Crippen LogP contribution >= 0.6 is 0 Å². The first-order valence-electron chi connectivity index (χ1n) is 7.47. The van der Waals surface area contributed by atoms with Crippen LogP contribution in [0.3, 0.4) is 0 Å². The summed E-state index contributed by atoms with van der Waals surface area (Å²) in [4.78, 5) is 7.23. The van der Waals surface area contributed by atoms with Crippen LogP contribution < -0.4 is 5.32 Å². The number of aryl methyl sites for hydroxylation is 1. The predicted octanol–water partition coefficient (Wildman–Crippen LogP) is 2.73. The van der Waals surface area contributed by atoms with Crippen LogP contribution in [0.4, 0.5) is 0 Å². The number of nitrogens with one attached hydrogen (secondary N) is 1. The molecule has 20 heavy (non-hydrogen) atoms. The Bertz CT molecular complexity index is 598. The molecule has 0 radical (unpaired) electrons. The molecule has 106 valence electrons. The average molecular weight is 269 g/mol. The molecule has 0 spiro atoms. The first-order chi connectivity index (χ1) is 9.65. The molecule has 3 heteroatoms. The standard InChI is InChI=1S/C17H23N3/c1-12-8-15(16-6-4-5-7-17(16)19-12)11-20-13(2)9-18-10-14(20)3/h4-8,13-14,18H,9-11H2,1-3H3. The van der Waals surface area contributed by atoms with Crippen LogP contribution in [-0.4, -0.2) is 35.1 Å². The molecular weight excluding hydrogens is 246 g/mol. The zero-order valence-electron chi connectivity index (χ0n) is 12.6. The minimum absolute atomic E-state index is 0.575. The highest BCUT2D eigenvalue weighted by atomic mass is 15.2. The fourth-order valence-electron chi connectivity index (χ4n) is 3.20. The predicted molar refractivity (Wildman–Crippen MR) is 83.8 cm³/mol. The molecule has 1 N–H and O–H groups in total. The highest BCUT2D eigenvalue weighted by molar-refractivity contribution is 5.82. The molecule has 0 saturated carbocycles. The van der Waals surface area contributed by atoms with Crippen molar-refractivity contribution in [3.05, 3.63) is 41.6 Å². The van der Waals surface area contributed by atoms with Gasteiger partial charge >= 0.3 is 0 Å². The van der Waals surface area contributed by atoms with Gasteiger partial charge in [0.1, 0.15) is 0 Å². The molecule has 1 aromatic carbocycles. The quantitative estimate of drug-likeness (QED) is 0.908. The van der Waals surface area contributed by atoms with Gasteiger partial charge in [-0.2, -0.15) is 0 Å². The summed E-state index contributed by atoms with van der Waals surface area (Å²) >= 11 is 0. The second-order valence-corrected chi connectivity index (χ2v) is 5.97. The smallest absolute Gasteiger partial charge is 0.0708 e. The molecule has 3 rings (SSSR count). The molecule has 3 nitrogen and oxygen atoms in total. The normalized spacial score (nSPS) is 24.1. The zero-order valence-corrected chi connectivity index (χ0v) is 12.6. The van der Waals surface area contributed by atoms with E-state index in [9.17, 15) is 0 Å². The molecule has 1 aliphatic rings. The summed E-state index contributed by atoms with van der Waals surface area (Å²) in [5.74, 6) is 0. The molecule has 1 aliphatic heterocycles. The number of rotatable bonds is 2. The Balaban J connectivity index is 1.97. The first kappa shape index (κ1) is 13.5. The van der Waals surface area contributed by atoms with Gasteiger partial charge in [-0.1, -0.05) is 18.2 Å². The highest BCUT2D eigenvalue weighted by Crippen LogP contribution is 2.22. The van der Waals surface area contributed by atoms with Crippen molar-refractivity contribution in [2.24, 2.45) is 0 Å². The summed E-state index contributed by atoms with van der Waals surface area (Å²) in [6.07, 6.45) is 0. The second-order valence-electron chi connectivity index (χ2n) is 5.97. The fourth-order valence-corrected chi connectivity index (χ4v) is 3.20. The van der Waals surface area contributed by atoms with Gasteiger partial charge < -0.3 is 5.32 Å². The Kier molecular flexibility index (Phi) is 3.72. The minimum Gasteiger partial charge on any atom is -0.314 e. The van der Waals surface area contributed by atoms with Gasteiger partial charge in [0, 0.05) is 42.8 Å². The Morgan fingerprint density at radius 2 is 1.90 bits per heavy atom. The molecule has 1 aromatic heterocycles. The Hall–Kier alpha value is -1.45. The number of nitrogens with zero attached hydrogens (tertiary/aromatic N) is 2. The van der Waals surface area contributed by atoms with E-state index in [0.717, 1.165) is 30.8 Å². The molecular formula is C17H23N3. The lowest BCUT2D eigenvalue weighted by Crippen LogP contribution is -2.54. The summed E-state index contributed by atoms with van der Waals surface area (Å²) in [6, 6.07) is 11.9. The van der Waals surface area contributed by atoms with Crippen molar-refractivity contribution >= 4 is 10.9 Å². The summed E-state index contributed by atoms with van der Waals surface area (Å²) in [5, 5.41) is 4.78. The summed E-state index contributed by atoms with van der Waals surface area (Å²) in [5.41, 5.74) is 3.61. The van der Waals surface area contributed by atoms with Crippen molar-refractivity contribution in [1.29, 1.82) is 0 Å². The maximum Gasteiger partial charge on any atom is 0.0708 e. The van der Waals surface area contributed by atoms with Gasteiger partial charge in [-0.3, -0.25) is 9.88 Å². The Morgan fingerprint density at radius 1 is 1.20 bits per heavy atom. The van der Waals surface area contributed by atoms with Crippen LogP contribution in [0, 0.1) is 6.92 Å². The molecule has 2 aromatic rings. The van der Waals surface area contributed by atoms with E-state index in [1.54, 1.807) is 0 Å². The van der Waals surface area contributed by atoms with Crippen LogP contribution in [0.5, 0.6) is 0 Å². The van der Waals surface area contributed by atoms with Crippen LogP contribution in [0.1, 0.15) is 25.1 Å². The van der Waals surface area contributed by atoms with Crippen LogP contribution in [0.25, 0.3) is 10.9 Å². The summed E-state index contributed by atoms with van der Waals surface area (Å²) < 4.78 is 0. The van der Waals surface area contributed by atoms with Gasteiger partial charge in [0.15, 0.2) is 0 Å². The van der Waals surface area contributed by atoms with Gasteiger partial charge in [-0.05, 0) is 38.5 Å². The van der Waals surface area contributed by atoms with E-state index < -0.39 is 0 Å². The van der Waals surface area contributed by atoms with E-state index in [2.05, 4.69) is 66.3 Å². The third-order valence-corrected chi connectivity index (χ3v) is 4.29. The molecule has 1 saturated heterocycles. The van der Waals surface area contributed by atoms with Gasteiger partial charge in [-0.25, -0.2) is 0 Å². The maximum absolute atomic E-state index is 4.64. The average Bonchev–Trinajstić information content (AvgIpc) is 2.42. The van der Waals surface area contributed by atoms with Gasteiger partial charge in [0.25, 0.3) is 0 Å². The van der Waals surface area contributed by atoms with E-state index in [4.69, 9.17) is 0 Å². The number of benzene rings is 1. The minimum atomic E-state index is 0.575. The molecule has 0 bridgehead atoms. The van der Waals surface area contributed by atoms with Crippen molar-refractivity contribution in [1.82, 2.24) is 15.2 Å². The number of fused-ring (bicyclic) bond motifs is 1. The molecule has 0 aliphatic carbocycles. The second kappa shape index (κ2) is 5.51. The lowest BCUT2D eigenvalue weighted by Gasteiger charge is -2.39. The summed E-state index contributed by atoms with van der Waals surface area (Å²) in [6.45, 7) is 9.85. The number of aromatic nitrogens is 1. The molecule has 0 amide bonds. The van der Waals surface area contributed by atoms with Gasteiger partial charge in [-0.15, -0.1) is 0 Å². The van der Waals surface area contributed by atoms with Crippen molar-refractivity contribution < 1.29 is 0 Å². The van der Waals surface area contributed by atoms with Crippen molar-refractivity contribution in [3.63, 3.8) is 0 Å². The fraction of sp³-hybridized carbons (Fsp3) is 0.471. The Morgan fingerprint density at radius 3 is 2.65 bits per heavy atom. The van der Waals surface area contributed by atoms with Crippen LogP contribution in [-0.2, 0) is 6.54 Å². The number of pyridine rings is 1. The Labute approximate surface area is 121 Å². The monoisotopic (exact) mass is 269 g/mol. The molecule has 2 atom stereocenters. The van der Waals surface area contributed by atoms with E-state index in [1.807, 2.05) is 0 Å². The lowest BCUT2D eigenvalue weighted by atomic mass is 10.0. The number of hydrogen-bond donors (Lipinski definition) is 1. The third kappa shape index (κ3) is 2.56. The SMILES string of the molecule is Cc1cc(CN2C(C)CNCC2C)c2ccccc2n1. The van der Waals surface area contributed by atoms with E-state index in [-0.39, 0.29) is 0 Å². The maximum atomic E-state index is 4.64. The van der Waals surface area contributed by atoms with Crippen LogP contribution in [0.2, 0.25) is 0 Å². The number of para-hydroxylation sites is 1. The lowest BCUT2D eigenvalue weighted by molar-refractivity contribution is 0.109. The largest absolute Gasteiger partial charge is 0.314 e. The highest BCUT2D eigenvalue weighted by Gasteiger charge is 2.24. The summed E-state index contributed by atoms with van der Waals surface area (Å²) in [7, 11) is 0. The first-order valence-corrected chi connectivity index (χ1v) is 7.47. The van der Waals surface area contributed by atoms with Crippen molar-refractivity contribution in [3.8, 4) is 0 Å². The number of piperazine rings is 1. The van der Waals surface area contributed by atoms with Crippen molar-refractivity contribution in [2.75, 3.05) is 13.1 Å².